The summed E-state index contributed by atoms with van der Waals surface area (Å²) >= 11 is 0. The maximum Gasteiger partial charge on any atom is 0.317 e. The fourth-order valence-corrected chi connectivity index (χ4v) is 1.84. The standard InChI is InChI=1S/C14H23N3O2/c1-16(2)13(12-7-5-4-6-8-12)11-15-14(19)17(3)9-10-18/h4-8,13,18H,9-11H2,1-3H3,(H,15,19). The Kier molecular flexibility index (Phi) is 6.32. The van der Waals surface area contributed by atoms with Gasteiger partial charge in [-0.2, -0.15) is 0 Å². The molecule has 0 aliphatic carbocycles. The molecule has 0 saturated heterocycles. The van der Waals surface area contributed by atoms with Crippen molar-refractivity contribution in [1.29, 1.82) is 0 Å². The maximum absolute atomic E-state index is 11.8. The van der Waals surface area contributed by atoms with Gasteiger partial charge in [-0.15, -0.1) is 0 Å². The Labute approximate surface area is 114 Å². The van der Waals surface area contributed by atoms with Crippen LogP contribution in [-0.4, -0.2) is 61.8 Å². The number of hydrogen-bond donors (Lipinski definition) is 2. The predicted octanol–water partition coefficient (Wildman–Crippen LogP) is 0.923. The fraction of sp³-hybridized carbons (Fsp3) is 0.500. The van der Waals surface area contributed by atoms with E-state index in [2.05, 4.69) is 10.2 Å². The van der Waals surface area contributed by atoms with Gasteiger partial charge in [0.2, 0.25) is 0 Å². The van der Waals surface area contributed by atoms with Gasteiger partial charge in [0, 0.05) is 20.1 Å². The zero-order valence-electron chi connectivity index (χ0n) is 11.8. The molecule has 19 heavy (non-hydrogen) atoms. The van der Waals surface area contributed by atoms with Crippen LogP contribution in [0.1, 0.15) is 11.6 Å². The molecule has 0 spiro atoms. The third-order valence-corrected chi connectivity index (χ3v) is 3.04. The summed E-state index contributed by atoms with van der Waals surface area (Å²) in [5.41, 5.74) is 1.16. The smallest absolute Gasteiger partial charge is 0.317 e. The summed E-state index contributed by atoms with van der Waals surface area (Å²) in [6.45, 7) is 0.842. The molecule has 5 nitrogen and oxygen atoms in total. The minimum Gasteiger partial charge on any atom is -0.395 e. The summed E-state index contributed by atoms with van der Waals surface area (Å²) in [4.78, 5) is 15.3. The van der Waals surface area contributed by atoms with E-state index in [-0.39, 0.29) is 18.7 Å². The highest BCUT2D eigenvalue weighted by atomic mass is 16.3. The quantitative estimate of drug-likeness (QED) is 0.804. The number of aliphatic hydroxyl groups is 1. The van der Waals surface area contributed by atoms with Crippen molar-refractivity contribution in [2.24, 2.45) is 0 Å². The van der Waals surface area contributed by atoms with Crippen molar-refractivity contribution in [2.45, 2.75) is 6.04 Å². The highest BCUT2D eigenvalue weighted by molar-refractivity contribution is 5.73. The molecular formula is C14H23N3O2. The Balaban J connectivity index is 2.59. The highest BCUT2D eigenvalue weighted by Crippen LogP contribution is 2.16. The minimum absolute atomic E-state index is 0.0281. The SMILES string of the molecule is CN(CCO)C(=O)NCC(c1ccccc1)N(C)C. The first-order valence-electron chi connectivity index (χ1n) is 6.37. The highest BCUT2D eigenvalue weighted by Gasteiger charge is 2.16. The van der Waals surface area contributed by atoms with Crippen LogP contribution in [0.25, 0.3) is 0 Å². The Hall–Kier alpha value is -1.59. The summed E-state index contributed by atoms with van der Waals surface area (Å²) < 4.78 is 0. The van der Waals surface area contributed by atoms with E-state index in [1.807, 2.05) is 44.4 Å². The summed E-state index contributed by atoms with van der Waals surface area (Å²) in [6, 6.07) is 10.0. The van der Waals surface area contributed by atoms with Gasteiger partial charge in [0.15, 0.2) is 0 Å². The summed E-state index contributed by atoms with van der Waals surface area (Å²) in [7, 11) is 5.64. The van der Waals surface area contributed by atoms with E-state index in [1.54, 1.807) is 7.05 Å². The second kappa shape index (κ2) is 7.76. The summed E-state index contributed by atoms with van der Waals surface area (Å²) in [5.74, 6) is 0. The van der Waals surface area contributed by atoms with E-state index in [0.717, 1.165) is 5.56 Å². The number of urea groups is 1. The predicted molar refractivity (Wildman–Crippen MR) is 76.0 cm³/mol. The first-order chi connectivity index (χ1) is 9.06. The number of rotatable bonds is 6. The number of benzene rings is 1. The number of nitrogens with zero attached hydrogens (tertiary/aromatic N) is 2. The van der Waals surface area contributed by atoms with Gasteiger partial charge in [-0.05, 0) is 19.7 Å². The molecule has 0 bridgehead atoms. The first kappa shape index (κ1) is 15.5. The Morgan fingerprint density at radius 2 is 1.89 bits per heavy atom. The van der Waals surface area contributed by atoms with Crippen LogP contribution in [0.15, 0.2) is 30.3 Å². The van der Waals surface area contributed by atoms with Gasteiger partial charge in [0.05, 0.1) is 12.6 Å². The van der Waals surface area contributed by atoms with Gasteiger partial charge in [-0.1, -0.05) is 30.3 Å². The van der Waals surface area contributed by atoms with Crippen LogP contribution < -0.4 is 5.32 Å². The summed E-state index contributed by atoms with van der Waals surface area (Å²) in [6.07, 6.45) is 0. The van der Waals surface area contributed by atoms with Gasteiger partial charge in [-0.25, -0.2) is 4.79 Å². The van der Waals surface area contributed by atoms with E-state index in [0.29, 0.717) is 13.1 Å². The molecule has 0 aromatic heterocycles. The van der Waals surface area contributed by atoms with Crippen molar-refractivity contribution in [3.63, 3.8) is 0 Å². The second-order valence-electron chi connectivity index (χ2n) is 4.72. The van der Waals surface area contributed by atoms with Crippen LogP contribution in [0.2, 0.25) is 0 Å². The lowest BCUT2D eigenvalue weighted by molar-refractivity contribution is 0.186. The average molecular weight is 265 g/mol. The molecule has 1 aromatic carbocycles. The number of hydrogen-bond acceptors (Lipinski definition) is 3. The molecule has 0 aliphatic rings. The minimum atomic E-state index is -0.170. The van der Waals surface area contributed by atoms with Crippen LogP contribution in [0.4, 0.5) is 4.79 Å². The zero-order valence-corrected chi connectivity index (χ0v) is 11.8. The average Bonchev–Trinajstić information content (AvgIpc) is 2.39. The van der Waals surface area contributed by atoms with Crippen LogP contribution in [0, 0.1) is 0 Å². The van der Waals surface area contributed by atoms with Crippen molar-refractivity contribution in [1.82, 2.24) is 15.1 Å². The molecule has 0 fully saturated rings. The van der Waals surface area contributed by atoms with E-state index >= 15 is 0 Å². The van der Waals surface area contributed by atoms with Gasteiger partial charge >= 0.3 is 6.03 Å². The molecule has 2 N–H and O–H groups in total. The molecular weight excluding hydrogens is 242 g/mol. The zero-order chi connectivity index (χ0) is 14.3. The van der Waals surface area contributed by atoms with Gasteiger partial charge in [-0.3, -0.25) is 0 Å². The third kappa shape index (κ3) is 4.89. The van der Waals surface area contributed by atoms with Crippen LogP contribution >= 0.6 is 0 Å². The molecule has 1 rings (SSSR count). The maximum atomic E-state index is 11.8. The van der Waals surface area contributed by atoms with E-state index in [9.17, 15) is 4.79 Å². The van der Waals surface area contributed by atoms with Crippen molar-refractivity contribution in [3.05, 3.63) is 35.9 Å². The van der Waals surface area contributed by atoms with E-state index in [1.165, 1.54) is 4.90 Å². The fourth-order valence-electron chi connectivity index (χ4n) is 1.84. The van der Waals surface area contributed by atoms with Crippen molar-refractivity contribution >= 4 is 6.03 Å². The lowest BCUT2D eigenvalue weighted by Gasteiger charge is -2.26. The molecule has 1 unspecified atom stereocenters. The number of carbonyl (C=O) groups excluding carboxylic acids is 1. The summed E-state index contributed by atoms with van der Waals surface area (Å²) in [5, 5.41) is 11.7. The Bertz CT molecular complexity index is 382. The van der Waals surface area contributed by atoms with E-state index < -0.39 is 0 Å². The number of aliphatic hydroxyl groups excluding tert-OH is 1. The molecule has 0 saturated carbocycles. The first-order valence-corrected chi connectivity index (χ1v) is 6.37. The molecule has 1 aromatic rings. The molecule has 0 heterocycles. The number of likely N-dealkylation sites (N-methyl/N-ethyl adjacent to an activating group) is 2. The number of carbonyl (C=O) groups is 1. The number of nitrogens with one attached hydrogen (secondary N) is 1. The van der Waals surface area contributed by atoms with Crippen molar-refractivity contribution in [2.75, 3.05) is 40.8 Å². The van der Waals surface area contributed by atoms with Gasteiger partial charge < -0.3 is 20.2 Å². The topological polar surface area (TPSA) is 55.8 Å². The number of amides is 2. The largest absolute Gasteiger partial charge is 0.395 e. The Morgan fingerprint density at radius 3 is 2.42 bits per heavy atom. The normalized spacial score (nSPS) is 12.3. The molecule has 2 amide bonds. The molecule has 5 heteroatoms. The molecule has 1 atom stereocenters. The Morgan fingerprint density at radius 1 is 1.26 bits per heavy atom. The van der Waals surface area contributed by atoms with Crippen LogP contribution in [0.5, 0.6) is 0 Å². The monoisotopic (exact) mass is 265 g/mol. The van der Waals surface area contributed by atoms with Crippen molar-refractivity contribution < 1.29 is 9.90 Å². The molecule has 0 radical (unpaired) electrons. The van der Waals surface area contributed by atoms with Crippen LogP contribution in [0.3, 0.4) is 0 Å². The molecule has 106 valence electrons. The lowest BCUT2D eigenvalue weighted by Crippen LogP contribution is -2.42. The van der Waals surface area contributed by atoms with Crippen LogP contribution in [-0.2, 0) is 0 Å². The lowest BCUT2D eigenvalue weighted by atomic mass is 10.1. The van der Waals surface area contributed by atoms with Gasteiger partial charge in [0.25, 0.3) is 0 Å². The van der Waals surface area contributed by atoms with E-state index in [4.69, 9.17) is 5.11 Å². The third-order valence-electron chi connectivity index (χ3n) is 3.04. The van der Waals surface area contributed by atoms with Crippen molar-refractivity contribution in [3.8, 4) is 0 Å². The molecule has 0 aliphatic heterocycles. The second-order valence-corrected chi connectivity index (χ2v) is 4.72. The van der Waals surface area contributed by atoms with Gasteiger partial charge in [0.1, 0.15) is 0 Å².